The highest BCUT2D eigenvalue weighted by Gasteiger charge is 2.36. The molecular formula is C25H27BrFN3O. The van der Waals surface area contributed by atoms with Crippen LogP contribution in [0.4, 0.5) is 15.8 Å². The smallest absolute Gasteiger partial charge is 0.266 e. The maximum Gasteiger partial charge on any atom is 0.266 e. The van der Waals surface area contributed by atoms with Crippen molar-refractivity contribution in [2.24, 2.45) is 0 Å². The fourth-order valence-corrected chi connectivity index (χ4v) is 4.58. The van der Waals surface area contributed by atoms with E-state index in [0.29, 0.717) is 5.69 Å². The molecule has 0 saturated carbocycles. The Morgan fingerprint density at radius 2 is 2.03 bits per heavy atom. The third-order valence-corrected chi connectivity index (χ3v) is 6.25. The van der Waals surface area contributed by atoms with Crippen molar-refractivity contribution >= 4 is 39.3 Å². The Morgan fingerprint density at radius 1 is 1.35 bits per heavy atom. The Labute approximate surface area is 191 Å². The van der Waals surface area contributed by atoms with Gasteiger partial charge >= 0.3 is 0 Å². The van der Waals surface area contributed by atoms with E-state index < -0.39 is 11.7 Å². The normalized spacial score (nSPS) is 17.6. The molecule has 0 aliphatic carbocycles. The first kappa shape index (κ1) is 23.0. The van der Waals surface area contributed by atoms with Gasteiger partial charge in [-0.3, -0.25) is 4.79 Å². The van der Waals surface area contributed by atoms with Gasteiger partial charge in [0, 0.05) is 33.5 Å². The van der Waals surface area contributed by atoms with Crippen LogP contribution in [0.5, 0.6) is 0 Å². The molecule has 0 aromatic heterocycles. The first-order chi connectivity index (χ1) is 14.7. The second kappa shape index (κ2) is 9.23. The maximum atomic E-state index is 15.1. The first-order valence-electron chi connectivity index (χ1n) is 10.5. The molecule has 162 valence electrons. The van der Waals surface area contributed by atoms with Crippen LogP contribution >= 0.6 is 15.9 Å². The Hall–Kier alpha value is -2.65. The fourth-order valence-electron chi connectivity index (χ4n) is 4.31. The third kappa shape index (κ3) is 4.99. The number of hydrogen-bond donors (Lipinski definition) is 1. The monoisotopic (exact) mass is 483 g/mol. The second-order valence-electron chi connectivity index (χ2n) is 8.63. The number of hydrogen-bond acceptors (Lipinski definition) is 3. The number of nitriles is 1. The standard InChI is InChI=1S/C25H27BrFN3O/c1-5-10-30-23-13-22(27)17(12-21(23)16(2)14-25(30,3)4)11-18(15-28)24(31)29-20-8-6-19(26)7-9-20/h6-9,11-13,16H,5,10,14H2,1-4H3,(H,29,31)/b18-11+. The molecular weight excluding hydrogens is 457 g/mol. The van der Waals surface area contributed by atoms with Gasteiger partial charge in [0.05, 0.1) is 0 Å². The molecule has 1 atom stereocenters. The van der Waals surface area contributed by atoms with Crippen LogP contribution in [0.3, 0.4) is 0 Å². The molecule has 3 rings (SSSR count). The van der Waals surface area contributed by atoms with Crippen LogP contribution in [0.25, 0.3) is 6.08 Å². The third-order valence-electron chi connectivity index (χ3n) is 5.72. The summed E-state index contributed by atoms with van der Waals surface area (Å²) in [7, 11) is 0. The van der Waals surface area contributed by atoms with Gasteiger partial charge in [0.2, 0.25) is 0 Å². The van der Waals surface area contributed by atoms with Gasteiger partial charge in [-0.25, -0.2) is 4.39 Å². The van der Waals surface area contributed by atoms with Crippen molar-refractivity contribution in [3.63, 3.8) is 0 Å². The minimum Gasteiger partial charge on any atom is -0.366 e. The van der Waals surface area contributed by atoms with Gasteiger partial charge in [-0.2, -0.15) is 5.26 Å². The molecule has 1 heterocycles. The van der Waals surface area contributed by atoms with Crippen molar-refractivity contribution in [2.45, 2.75) is 52.0 Å². The average Bonchev–Trinajstić information content (AvgIpc) is 2.71. The number of nitrogens with one attached hydrogen (secondary N) is 1. The molecule has 0 saturated heterocycles. The zero-order valence-electron chi connectivity index (χ0n) is 18.3. The predicted octanol–water partition coefficient (Wildman–Crippen LogP) is 6.64. The summed E-state index contributed by atoms with van der Waals surface area (Å²) in [6.07, 6.45) is 3.25. The lowest BCUT2D eigenvalue weighted by Crippen LogP contribution is -2.48. The van der Waals surface area contributed by atoms with Crippen LogP contribution in [0.1, 0.15) is 57.6 Å². The van der Waals surface area contributed by atoms with Crippen molar-refractivity contribution in [3.8, 4) is 6.07 Å². The minimum absolute atomic E-state index is 0.0609. The highest BCUT2D eigenvalue weighted by Crippen LogP contribution is 2.44. The predicted molar refractivity (Wildman–Crippen MR) is 128 cm³/mol. The van der Waals surface area contributed by atoms with Crippen LogP contribution in [0, 0.1) is 17.1 Å². The number of rotatable bonds is 5. The Kier molecular flexibility index (Phi) is 6.86. The zero-order valence-corrected chi connectivity index (χ0v) is 19.9. The van der Waals surface area contributed by atoms with E-state index in [1.807, 2.05) is 6.07 Å². The van der Waals surface area contributed by atoms with E-state index in [9.17, 15) is 10.1 Å². The molecule has 1 aliphatic rings. The highest BCUT2D eigenvalue weighted by atomic mass is 79.9. The number of benzene rings is 2. The molecule has 2 aromatic rings. The summed E-state index contributed by atoms with van der Waals surface area (Å²) in [6.45, 7) is 9.48. The molecule has 0 fully saturated rings. The minimum atomic E-state index is -0.566. The van der Waals surface area contributed by atoms with Crippen LogP contribution in [-0.2, 0) is 4.79 Å². The molecule has 0 spiro atoms. The first-order valence-corrected chi connectivity index (χ1v) is 11.3. The average molecular weight is 484 g/mol. The van der Waals surface area contributed by atoms with Crippen LogP contribution in [-0.4, -0.2) is 18.0 Å². The molecule has 4 nitrogen and oxygen atoms in total. The maximum absolute atomic E-state index is 15.1. The summed E-state index contributed by atoms with van der Waals surface area (Å²) < 4.78 is 16.0. The van der Waals surface area contributed by atoms with E-state index in [0.717, 1.165) is 35.1 Å². The highest BCUT2D eigenvalue weighted by molar-refractivity contribution is 9.10. The van der Waals surface area contributed by atoms with Crippen LogP contribution < -0.4 is 10.2 Å². The number of carbonyl (C=O) groups excluding carboxylic acids is 1. The van der Waals surface area contributed by atoms with Gasteiger partial charge in [0.15, 0.2) is 0 Å². The number of carbonyl (C=O) groups is 1. The molecule has 1 unspecified atom stereocenters. The SMILES string of the molecule is CCCN1c2cc(F)c(/C=C(\C#N)C(=O)Nc3ccc(Br)cc3)cc2C(C)CC1(C)C. The largest absolute Gasteiger partial charge is 0.366 e. The van der Waals surface area contributed by atoms with Crippen molar-refractivity contribution < 1.29 is 9.18 Å². The van der Waals surface area contributed by atoms with Gasteiger partial charge in [-0.05, 0) is 80.6 Å². The fraction of sp³-hybridized carbons (Fsp3) is 0.360. The molecule has 1 amide bonds. The molecule has 1 aliphatic heterocycles. The van der Waals surface area contributed by atoms with E-state index >= 15 is 4.39 Å². The summed E-state index contributed by atoms with van der Waals surface area (Å²) in [5.74, 6) is -0.759. The van der Waals surface area contributed by atoms with Crippen LogP contribution in [0.15, 0.2) is 46.4 Å². The summed E-state index contributed by atoms with van der Waals surface area (Å²) in [6, 6.07) is 12.3. The molecule has 6 heteroatoms. The lowest BCUT2D eigenvalue weighted by atomic mass is 9.79. The van der Waals surface area contributed by atoms with E-state index in [4.69, 9.17) is 0 Å². The van der Waals surface area contributed by atoms with Crippen molar-refractivity contribution in [1.82, 2.24) is 0 Å². The Balaban J connectivity index is 1.96. The molecule has 0 radical (unpaired) electrons. The van der Waals surface area contributed by atoms with E-state index in [1.165, 1.54) is 6.08 Å². The van der Waals surface area contributed by atoms with Gasteiger partial charge in [0.25, 0.3) is 5.91 Å². The number of fused-ring (bicyclic) bond motifs is 1. The Morgan fingerprint density at radius 3 is 2.65 bits per heavy atom. The lowest BCUT2D eigenvalue weighted by Gasteiger charge is -2.47. The summed E-state index contributed by atoms with van der Waals surface area (Å²) in [5.41, 5.74) is 2.56. The molecule has 31 heavy (non-hydrogen) atoms. The molecule has 1 N–H and O–H groups in total. The van der Waals surface area contributed by atoms with Gasteiger partial charge in [0.1, 0.15) is 17.5 Å². The van der Waals surface area contributed by atoms with E-state index in [2.05, 4.69) is 53.8 Å². The second-order valence-corrected chi connectivity index (χ2v) is 9.55. The van der Waals surface area contributed by atoms with Crippen molar-refractivity contribution in [1.29, 1.82) is 5.26 Å². The van der Waals surface area contributed by atoms with Crippen LogP contribution in [0.2, 0.25) is 0 Å². The topological polar surface area (TPSA) is 56.1 Å². The van der Waals surface area contributed by atoms with Gasteiger partial charge in [-0.1, -0.05) is 29.8 Å². The van der Waals surface area contributed by atoms with Crippen molar-refractivity contribution in [2.75, 3.05) is 16.8 Å². The summed E-state index contributed by atoms with van der Waals surface area (Å²) >= 11 is 3.34. The number of amides is 1. The quantitative estimate of drug-likeness (QED) is 0.383. The van der Waals surface area contributed by atoms with Crippen molar-refractivity contribution in [3.05, 3.63) is 63.4 Å². The molecule has 0 bridgehead atoms. The number of nitrogens with zero attached hydrogens (tertiary/aromatic N) is 2. The number of halogens is 2. The lowest BCUT2D eigenvalue weighted by molar-refractivity contribution is -0.112. The van der Waals surface area contributed by atoms with E-state index in [-0.39, 0.29) is 22.6 Å². The van der Waals surface area contributed by atoms with E-state index in [1.54, 1.807) is 36.4 Å². The number of anilines is 2. The zero-order chi connectivity index (χ0) is 22.8. The van der Waals surface area contributed by atoms with Gasteiger partial charge < -0.3 is 10.2 Å². The summed E-state index contributed by atoms with van der Waals surface area (Å²) in [4.78, 5) is 14.8. The van der Waals surface area contributed by atoms with Gasteiger partial charge in [-0.15, -0.1) is 0 Å². The summed E-state index contributed by atoms with van der Waals surface area (Å²) in [5, 5.41) is 12.2. The molecule has 2 aromatic carbocycles. The Bertz CT molecular complexity index is 1050.